The van der Waals surface area contributed by atoms with E-state index in [1.54, 1.807) is 73.7 Å². The van der Waals surface area contributed by atoms with Crippen LogP contribution in [0.15, 0.2) is 78.9 Å². The Hall–Kier alpha value is -3.48. The zero-order valence-corrected chi connectivity index (χ0v) is 15.9. The van der Waals surface area contributed by atoms with Gasteiger partial charge in [0, 0.05) is 0 Å². The van der Waals surface area contributed by atoms with Crippen LogP contribution in [0.5, 0.6) is 11.5 Å². The summed E-state index contributed by atoms with van der Waals surface area (Å²) in [5, 5.41) is 0. The highest BCUT2D eigenvalue weighted by Crippen LogP contribution is 2.32. The molecule has 3 aromatic rings. The maximum atomic E-state index is 12.5. The van der Waals surface area contributed by atoms with Gasteiger partial charge in [0.25, 0.3) is 0 Å². The average Bonchev–Trinajstić information content (AvgIpc) is 2.76. The lowest BCUT2D eigenvalue weighted by Crippen LogP contribution is -2.28. The van der Waals surface area contributed by atoms with Gasteiger partial charge in [0.1, 0.15) is 12.1 Å². The van der Waals surface area contributed by atoms with E-state index in [0.717, 1.165) is 0 Å². The van der Waals surface area contributed by atoms with E-state index in [1.165, 1.54) is 0 Å². The molecule has 0 radical (unpaired) electrons. The highest BCUT2D eigenvalue weighted by Gasteiger charge is 2.24. The lowest BCUT2D eigenvalue weighted by molar-refractivity contribution is -0.138. The second-order valence-electron chi connectivity index (χ2n) is 6.52. The van der Waals surface area contributed by atoms with Crippen molar-refractivity contribution in [2.24, 2.45) is 11.5 Å². The van der Waals surface area contributed by atoms with Crippen LogP contribution in [0.3, 0.4) is 0 Å². The molecule has 6 heteroatoms. The van der Waals surface area contributed by atoms with E-state index < -0.39 is 24.0 Å². The minimum absolute atomic E-state index is 0.106. The highest BCUT2D eigenvalue weighted by molar-refractivity contribution is 5.83. The molecule has 6 nitrogen and oxygen atoms in total. The number of carbonyl (C=O) groups excluding carboxylic acids is 2. The summed E-state index contributed by atoms with van der Waals surface area (Å²) in [6.07, 6.45) is 0. The van der Waals surface area contributed by atoms with Gasteiger partial charge in [0.05, 0.1) is 0 Å². The van der Waals surface area contributed by atoms with E-state index in [9.17, 15) is 9.59 Å². The molecule has 0 aliphatic carbocycles. The molecule has 148 valence electrons. The summed E-state index contributed by atoms with van der Waals surface area (Å²) in [6.45, 7) is 1.74. The third kappa shape index (κ3) is 4.87. The average molecular weight is 390 g/mol. The molecule has 0 saturated heterocycles. The van der Waals surface area contributed by atoms with Gasteiger partial charge in [0.2, 0.25) is 0 Å². The van der Waals surface area contributed by atoms with Crippen LogP contribution in [0.2, 0.25) is 0 Å². The zero-order chi connectivity index (χ0) is 20.8. The fraction of sp³-hybridized carbons (Fsp3) is 0.130. The molecular weight excluding hydrogens is 368 g/mol. The molecule has 0 bridgehead atoms. The maximum Gasteiger partial charge on any atom is 0.333 e. The molecule has 0 aliphatic rings. The third-order valence-corrected chi connectivity index (χ3v) is 4.41. The number of hydrogen-bond donors (Lipinski definition) is 2. The van der Waals surface area contributed by atoms with Gasteiger partial charge in [-0.1, -0.05) is 72.8 Å². The molecule has 29 heavy (non-hydrogen) atoms. The van der Waals surface area contributed by atoms with Crippen LogP contribution in [-0.2, 0) is 9.59 Å². The van der Waals surface area contributed by atoms with Crippen molar-refractivity contribution in [1.29, 1.82) is 0 Å². The van der Waals surface area contributed by atoms with Crippen LogP contribution in [0.1, 0.15) is 28.8 Å². The normalized spacial score (nSPS) is 12.7. The number of rotatable bonds is 6. The molecule has 0 saturated carbocycles. The molecule has 4 N–H and O–H groups in total. The Morgan fingerprint density at radius 2 is 1.17 bits per heavy atom. The Bertz CT molecular complexity index is 990. The summed E-state index contributed by atoms with van der Waals surface area (Å²) in [7, 11) is 0. The largest absolute Gasteiger partial charge is 0.421 e. The lowest BCUT2D eigenvalue weighted by Gasteiger charge is -2.17. The summed E-state index contributed by atoms with van der Waals surface area (Å²) in [6, 6.07) is 20.8. The topological polar surface area (TPSA) is 105 Å². The first kappa shape index (κ1) is 20.3. The lowest BCUT2D eigenvalue weighted by atomic mass is 10.1. The Kier molecular flexibility index (Phi) is 6.39. The van der Waals surface area contributed by atoms with E-state index in [4.69, 9.17) is 20.9 Å². The number of hydrogen-bond acceptors (Lipinski definition) is 6. The van der Waals surface area contributed by atoms with Gasteiger partial charge >= 0.3 is 11.9 Å². The first-order valence-electron chi connectivity index (χ1n) is 9.11. The molecule has 3 rings (SSSR count). The minimum Gasteiger partial charge on any atom is -0.421 e. The monoisotopic (exact) mass is 390 g/mol. The molecule has 0 aliphatic heterocycles. The highest BCUT2D eigenvalue weighted by atomic mass is 16.6. The second-order valence-corrected chi connectivity index (χ2v) is 6.52. The van der Waals surface area contributed by atoms with E-state index in [1.807, 2.05) is 12.1 Å². The molecule has 2 unspecified atom stereocenters. The van der Waals surface area contributed by atoms with Gasteiger partial charge < -0.3 is 20.9 Å². The maximum absolute atomic E-state index is 12.5. The van der Waals surface area contributed by atoms with Crippen molar-refractivity contribution in [3.05, 3.63) is 95.6 Å². The zero-order valence-electron chi connectivity index (χ0n) is 15.9. The Labute approximate surface area is 169 Å². The first-order chi connectivity index (χ1) is 14.0. The molecule has 3 aromatic carbocycles. The van der Waals surface area contributed by atoms with Crippen molar-refractivity contribution >= 4 is 11.9 Å². The van der Waals surface area contributed by atoms with E-state index in [2.05, 4.69) is 0 Å². The number of ether oxygens (including phenoxy) is 2. The Balaban J connectivity index is 1.78. The number of para-hydroxylation sites is 1. The molecule has 0 aromatic heterocycles. The predicted molar refractivity (Wildman–Crippen MR) is 109 cm³/mol. The smallest absolute Gasteiger partial charge is 0.333 e. The second kappa shape index (κ2) is 9.14. The molecular formula is C23H22N2O4. The fourth-order valence-electron chi connectivity index (χ4n) is 2.77. The number of nitrogens with two attached hydrogens (primary N) is 2. The third-order valence-electron chi connectivity index (χ3n) is 4.41. The standard InChI is InChI=1S/C23H22N2O4/c1-15-9-8-14-18(28-22(26)19(24)16-10-4-2-5-11-16)21(15)29-23(27)20(25)17-12-6-3-7-13-17/h2-14,19-20H,24-25H2,1H3. The van der Waals surface area contributed by atoms with E-state index in [0.29, 0.717) is 16.7 Å². The van der Waals surface area contributed by atoms with Crippen LogP contribution in [-0.4, -0.2) is 11.9 Å². The van der Waals surface area contributed by atoms with Crippen molar-refractivity contribution < 1.29 is 19.1 Å². The molecule has 0 fully saturated rings. The van der Waals surface area contributed by atoms with Gasteiger partial charge in [-0.15, -0.1) is 0 Å². The number of esters is 2. The van der Waals surface area contributed by atoms with Crippen LogP contribution < -0.4 is 20.9 Å². The number of benzene rings is 3. The Morgan fingerprint density at radius 1 is 0.690 bits per heavy atom. The minimum atomic E-state index is -0.967. The van der Waals surface area contributed by atoms with Crippen molar-refractivity contribution in [2.45, 2.75) is 19.0 Å². The summed E-state index contributed by atoms with van der Waals surface area (Å²) in [5.41, 5.74) is 13.9. The Morgan fingerprint density at radius 3 is 1.69 bits per heavy atom. The first-order valence-corrected chi connectivity index (χ1v) is 9.11. The van der Waals surface area contributed by atoms with Crippen molar-refractivity contribution in [1.82, 2.24) is 0 Å². The van der Waals surface area contributed by atoms with Gasteiger partial charge in [-0.3, -0.25) is 0 Å². The van der Waals surface area contributed by atoms with Crippen molar-refractivity contribution in [2.75, 3.05) is 0 Å². The van der Waals surface area contributed by atoms with Crippen LogP contribution in [0.25, 0.3) is 0 Å². The van der Waals surface area contributed by atoms with Gasteiger partial charge in [-0.2, -0.15) is 0 Å². The van der Waals surface area contributed by atoms with Gasteiger partial charge in [-0.25, -0.2) is 9.59 Å². The molecule has 0 spiro atoms. The van der Waals surface area contributed by atoms with Crippen LogP contribution in [0.4, 0.5) is 0 Å². The fourth-order valence-corrected chi connectivity index (χ4v) is 2.77. The number of aryl methyl sites for hydroxylation is 1. The molecule has 2 atom stereocenters. The quantitative estimate of drug-likeness (QED) is 0.495. The summed E-state index contributed by atoms with van der Waals surface area (Å²) in [5.74, 6) is -1.07. The van der Waals surface area contributed by atoms with Crippen LogP contribution in [0, 0.1) is 6.92 Å². The summed E-state index contributed by atoms with van der Waals surface area (Å²) in [4.78, 5) is 25.1. The van der Waals surface area contributed by atoms with Crippen molar-refractivity contribution in [3.63, 3.8) is 0 Å². The summed E-state index contributed by atoms with van der Waals surface area (Å²) >= 11 is 0. The van der Waals surface area contributed by atoms with Gasteiger partial charge in [0.15, 0.2) is 11.5 Å². The molecule has 0 amide bonds. The van der Waals surface area contributed by atoms with Crippen LogP contribution >= 0.6 is 0 Å². The SMILES string of the molecule is Cc1cccc(OC(=O)C(N)c2ccccc2)c1OC(=O)C(N)c1ccccc1. The molecule has 0 heterocycles. The number of carbonyl (C=O) groups is 2. The van der Waals surface area contributed by atoms with Gasteiger partial charge in [-0.05, 0) is 29.7 Å². The van der Waals surface area contributed by atoms with E-state index >= 15 is 0 Å². The van der Waals surface area contributed by atoms with E-state index in [-0.39, 0.29) is 11.5 Å². The predicted octanol–water partition coefficient (Wildman–Crippen LogP) is 3.21. The summed E-state index contributed by atoms with van der Waals surface area (Å²) < 4.78 is 10.9. The van der Waals surface area contributed by atoms with Crippen molar-refractivity contribution in [3.8, 4) is 11.5 Å².